The van der Waals surface area contributed by atoms with Crippen LogP contribution in [0.25, 0.3) is 0 Å². The van der Waals surface area contributed by atoms with E-state index < -0.39 is 0 Å². The molecule has 0 saturated heterocycles. The summed E-state index contributed by atoms with van der Waals surface area (Å²) in [5.74, 6) is 1.42. The Hall–Kier alpha value is 2.82. The van der Waals surface area contributed by atoms with Crippen molar-refractivity contribution >= 4 is 33.8 Å². The van der Waals surface area contributed by atoms with Gasteiger partial charge in [-0.25, -0.2) is 0 Å². The molecule has 55 valence electrons. The van der Waals surface area contributed by atoms with Gasteiger partial charge in [0.05, 0.1) is 0 Å². The zero-order valence-corrected chi connectivity index (χ0v) is 13.4. The Morgan fingerprint density at radius 1 is 1.00 bits per heavy atom. The molecule has 0 rings (SSSR count). The topological polar surface area (TPSA) is 0 Å². The Labute approximate surface area is 92.4 Å². The molecule has 0 fully saturated rings. The molecule has 0 amide bonds. The predicted octanol–water partition coefficient (Wildman–Crippen LogP) is 3.46. The molecule has 0 bridgehead atoms. The molecule has 4 atom stereocenters. The third-order valence-electron chi connectivity index (χ3n) is 0.0833. The van der Waals surface area contributed by atoms with Gasteiger partial charge in [0.1, 0.15) is 0 Å². The Bertz CT molecular complexity index is 29.0. The average Bonchev–Trinajstić information content (AvgIpc) is 1.65. The van der Waals surface area contributed by atoms with Gasteiger partial charge < -0.3 is 5.92 Å². The molecule has 4 unspecified atom stereocenters. The molecule has 9 heavy (non-hydrogen) atoms. The van der Waals surface area contributed by atoms with Crippen molar-refractivity contribution in [2.45, 2.75) is 20.8 Å². The van der Waals surface area contributed by atoms with Gasteiger partial charge in [-0.3, -0.25) is 0 Å². The Kier molecular flexibility index (Phi) is 33.7. The van der Waals surface area contributed by atoms with Crippen molar-refractivity contribution in [3.63, 3.8) is 0 Å². The van der Waals surface area contributed by atoms with Gasteiger partial charge in [-0.1, -0.05) is 15.9 Å². The fourth-order valence-corrected chi connectivity index (χ4v) is 0. The number of hydrogen-bond acceptors (Lipinski definition) is 0. The predicted molar refractivity (Wildman–Crippen MR) is 56.3 cm³/mol. The van der Waals surface area contributed by atoms with E-state index in [9.17, 15) is 0 Å². The summed E-state index contributed by atoms with van der Waals surface area (Å²) in [6, 6.07) is 0. The quantitative estimate of drug-likeness (QED) is 0.508. The van der Waals surface area contributed by atoms with E-state index in [-0.39, 0.29) is 32.7 Å². The van der Waals surface area contributed by atoms with Crippen LogP contribution in [-0.4, -0.2) is 0 Å². The summed E-state index contributed by atoms with van der Waals surface area (Å²) < 4.78 is 0. The Balaban J connectivity index is -0.0000000720. The second-order valence-corrected chi connectivity index (χ2v) is 9.29. The molecule has 0 aromatic carbocycles. The van der Waals surface area contributed by atoms with Gasteiger partial charge in [-0.05, 0) is 0 Å². The summed E-state index contributed by atoms with van der Waals surface area (Å²) in [5.41, 5.74) is 0. The Morgan fingerprint density at radius 2 is 1.11 bits per heavy atom. The second kappa shape index (κ2) is 17.1. The van der Waals surface area contributed by atoms with Crippen molar-refractivity contribution in [2.24, 2.45) is 0 Å². The minimum absolute atomic E-state index is 0. The summed E-state index contributed by atoms with van der Waals surface area (Å²) in [7, 11) is 7.44. The van der Waals surface area contributed by atoms with Crippen LogP contribution in [0.15, 0.2) is 0 Å². The summed E-state index contributed by atoms with van der Waals surface area (Å²) in [5, 5.41) is 0. The zero-order chi connectivity index (χ0) is 6.99. The van der Waals surface area contributed by atoms with E-state index in [4.69, 9.17) is 0 Å². The molecular formula is C4H15P4Y-. The van der Waals surface area contributed by atoms with Crippen LogP contribution in [0.1, 0.15) is 20.8 Å². The fourth-order valence-electron chi connectivity index (χ4n) is 0. The summed E-state index contributed by atoms with van der Waals surface area (Å²) in [6.07, 6.45) is 0. The van der Waals surface area contributed by atoms with Crippen molar-refractivity contribution in [3.8, 4) is 0 Å². The van der Waals surface area contributed by atoms with Crippen LogP contribution in [0.2, 0.25) is 0 Å². The number of rotatable bonds is 1. The first-order valence-electron chi connectivity index (χ1n) is 2.33. The molecule has 0 aliphatic heterocycles. The first-order chi connectivity index (χ1) is 3.65. The van der Waals surface area contributed by atoms with E-state index >= 15 is 0 Å². The van der Waals surface area contributed by atoms with Crippen LogP contribution >= 0.6 is 33.8 Å². The molecule has 0 heterocycles. The van der Waals surface area contributed by atoms with Crippen LogP contribution in [0, 0.1) is 5.92 Å². The van der Waals surface area contributed by atoms with Crippen LogP contribution in [0.5, 0.6) is 0 Å². The van der Waals surface area contributed by atoms with Crippen molar-refractivity contribution in [2.75, 3.05) is 0 Å². The molecule has 0 aromatic heterocycles. The average molecular weight is 276 g/mol. The smallest absolute Gasteiger partial charge is 0 e. The van der Waals surface area contributed by atoms with Crippen LogP contribution in [0.4, 0.5) is 0 Å². The van der Waals surface area contributed by atoms with E-state index in [1.165, 1.54) is 5.92 Å². The van der Waals surface area contributed by atoms with Crippen molar-refractivity contribution in [1.29, 1.82) is 0 Å². The van der Waals surface area contributed by atoms with Gasteiger partial charge >= 0.3 is 0 Å². The van der Waals surface area contributed by atoms with Crippen LogP contribution in [0.3, 0.4) is 0 Å². The maximum Gasteiger partial charge on any atom is 0 e. The molecule has 1 radical (unpaired) electrons. The van der Waals surface area contributed by atoms with Crippen molar-refractivity contribution < 1.29 is 32.7 Å². The SMILES string of the molecule is C[C-](C)C.PPPP.[Y]. The standard InChI is InChI=1S/C4H9.H6P4.Y/c1-4(2)3;1-3-4-2;/h1-3H3;3-4H,1-2H2;/q-1;;. The van der Waals surface area contributed by atoms with E-state index in [1.54, 1.807) is 0 Å². The first-order valence-corrected chi connectivity index (χ1v) is 8.95. The number of hydrogen-bond donors (Lipinski definition) is 0. The third-order valence-corrected chi connectivity index (χ3v) is 6.75. The monoisotopic (exact) mass is 276 g/mol. The zero-order valence-electron chi connectivity index (χ0n) is 6.23. The minimum atomic E-state index is 0. The van der Waals surface area contributed by atoms with Gasteiger partial charge in [0.15, 0.2) is 0 Å². The molecule has 0 spiro atoms. The van der Waals surface area contributed by atoms with E-state index in [0.717, 1.165) is 15.9 Å². The molecule has 0 saturated carbocycles. The maximum absolute atomic E-state index is 2.67. The van der Waals surface area contributed by atoms with Crippen LogP contribution in [-0.2, 0) is 32.7 Å². The minimum Gasteiger partial charge on any atom is -0.323 e. The third kappa shape index (κ3) is 57.6. The molecule has 0 aromatic rings. The normalized spacial score (nSPS) is 10.0. The second-order valence-electron chi connectivity index (χ2n) is 1.79. The molecule has 0 N–H and O–H groups in total. The molecule has 0 nitrogen and oxygen atoms in total. The van der Waals surface area contributed by atoms with E-state index in [1.807, 2.05) is 0 Å². The maximum atomic E-state index is 2.67. The van der Waals surface area contributed by atoms with Gasteiger partial charge in [0, 0.05) is 32.7 Å². The van der Waals surface area contributed by atoms with E-state index in [0.29, 0.717) is 0 Å². The Morgan fingerprint density at radius 3 is 1.11 bits per heavy atom. The molecule has 0 aliphatic rings. The first kappa shape index (κ1) is 17.8. The summed E-state index contributed by atoms with van der Waals surface area (Å²) >= 11 is 0. The van der Waals surface area contributed by atoms with Gasteiger partial charge in [0.25, 0.3) is 0 Å². The summed E-state index contributed by atoms with van der Waals surface area (Å²) in [4.78, 5) is 0. The van der Waals surface area contributed by atoms with Gasteiger partial charge in [-0.15, -0.1) is 17.9 Å². The molecule has 0 aliphatic carbocycles. The van der Waals surface area contributed by atoms with Crippen molar-refractivity contribution in [3.05, 3.63) is 5.92 Å². The molecular weight excluding hydrogens is 261 g/mol. The largest absolute Gasteiger partial charge is 0.323 e. The molecule has 5 heteroatoms. The fraction of sp³-hybridized carbons (Fsp3) is 0.750. The van der Waals surface area contributed by atoms with Gasteiger partial charge in [0.2, 0.25) is 0 Å². The van der Waals surface area contributed by atoms with Crippen LogP contribution < -0.4 is 0 Å². The summed E-state index contributed by atoms with van der Waals surface area (Å²) in [6.45, 7) is 6.25. The van der Waals surface area contributed by atoms with E-state index in [2.05, 4.69) is 38.6 Å². The van der Waals surface area contributed by atoms with Gasteiger partial charge in [-0.2, -0.15) is 20.8 Å². The van der Waals surface area contributed by atoms with Crippen molar-refractivity contribution in [1.82, 2.24) is 0 Å².